The fraction of sp³-hybridized carbons (Fsp3) is 0.333. The smallest absolute Gasteiger partial charge is 0.134 e. The summed E-state index contributed by atoms with van der Waals surface area (Å²) < 4.78 is 5.69. The van der Waals surface area contributed by atoms with E-state index in [1.807, 2.05) is 32.0 Å². The van der Waals surface area contributed by atoms with Crippen LogP contribution >= 0.6 is 0 Å². The van der Waals surface area contributed by atoms with Crippen molar-refractivity contribution < 1.29 is 4.42 Å². The Balaban J connectivity index is 2.69. The number of nitrogens with two attached hydrogens (primary N) is 1. The lowest BCUT2D eigenvalue weighted by Gasteiger charge is -2.13. The molecule has 14 heavy (non-hydrogen) atoms. The second-order valence-corrected chi connectivity index (χ2v) is 4.32. The van der Waals surface area contributed by atoms with Crippen molar-refractivity contribution in [3.63, 3.8) is 0 Å². The highest BCUT2D eigenvalue weighted by Gasteiger charge is 2.19. The summed E-state index contributed by atoms with van der Waals surface area (Å²) in [5, 5.41) is 1.15. The van der Waals surface area contributed by atoms with Gasteiger partial charge in [0.2, 0.25) is 0 Å². The zero-order chi connectivity index (χ0) is 10.3. The zero-order valence-corrected chi connectivity index (χ0v) is 8.79. The first-order valence-electron chi connectivity index (χ1n) is 4.77. The molecule has 2 N–H and O–H groups in total. The molecule has 1 aromatic heterocycles. The van der Waals surface area contributed by atoms with Crippen molar-refractivity contribution in [3.8, 4) is 0 Å². The molecule has 0 saturated carbocycles. The van der Waals surface area contributed by atoms with Gasteiger partial charge < -0.3 is 10.2 Å². The molecule has 2 heteroatoms. The van der Waals surface area contributed by atoms with Crippen LogP contribution in [0.15, 0.2) is 28.7 Å². The summed E-state index contributed by atoms with van der Waals surface area (Å²) in [5.74, 6) is 0.835. The fourth-order valence-electron chi connectivity index (χ4n) is 1.52. The zero-order valence-electron chi connectivity index (χ0n) is 8.79. The molecule has 1 heterocycles. The predicted octanol–water partition coefficient (Wildman–Crippen LogP) is 2.94. The van der Waals surface area contributed by atoms with Gasteiger partial charge in [-0.1, -0.05) is 12.1 Å². The van der Waals surface area contributed by atoms with E-state index in [-0.39, 0.29) is 0 Å². The number of rotatable bonds is 1. The Morgan fingerprint density at radius 2 is 2.00 bits per heavy atom. The van der Waals surface area contributed by atoms with Gasteiger partial charge in [0.1, 0.15) is 11.3 Å². The van der Waals surface area contributed by atoms with Gasteiger partial charge in [0.25, 0.3) is 0 Å². The molecule has 2 nitrogen and oxygen atoms in total. The van der Waals surface area contributed by atoms with Gasteiger partial charge in [-0.15, -0.1) is 0 Å². The van der Waals surface area contributed by atoms with E-state index < -0.39 is 5.54 Å². The molecule has 0 amide bonds. The Bertz CT molecular complexity index is 463. The van der Waals surface area contributed by atoms with Crippen molar-refractivity contribution in [2.45, 2.75) is 26.3 Å². The first-order chi connectivity index (χ1) is 6.48. The summed E-state index contributed by atoms with van der Waals surface area (Å²) in [6.07, 6.45) is 0. The monoisotopic (exact) mass is 189 g/mol. The van der Waals surface area contributed by atoms with E-state index in [0.717, 1.165) is 16.7 Å². The van der Waals surface area contributed by atoms with Crippen LogP contribution in [0.3, 0.4) is 0 Å². The van der Waals surface area contributed by atoms with Gasteiger partial charge >= 0.3 is 0 Å². The molecular weight excluding hydrogens is 174 g/mol. The number of aryl methyl sites for hydroxylation is 1. The van der Waals surface area contributed by atoms with Crippen LogP contribution in [0.5, 0.6) is 0 Å². The third-order valence-electron chi connectivity index (χ3n) is 2.41. The van der Waals surface area contributed by atoms with Gasteiger partial charge in [-0.05, 0) is 38.5 Å². The standard InChI is InChI=1S/C12H15NO/c1-8-5-4-6-10-9(8)7-11(14-10)12(2,3)13/h4-7H,13H2,1-3H3. The lowest BCUT2D eigenvalue weighted by Crippen LogP contribution is -2.27. The molecule has 2 aromatic rings. The first-order valence-corrected chi connectivity index (χ1v) is 4.77. The molecule has 0 aliphatic rings. The van der Waals surface area contributed by atoms with Crippen molar-refractivity contribution >= 4 is 11.0 Å². The highest BCUT2D eigenvalue weighted by molar-refractivity contribution is 5.81. The van der Waals surface area contributed by atoms with Crippen LogP contribution in [0.2, 0.25) is 0 Å². The van der Waals surface area contributed by atoms with Crippen LogP contribution in [-0.4, -0.2) is 0 Å². The number of benzene rings is 1. The molecule has 0 aliphatic carbocycles. The summed E-state index contributed by atoms with van der Waals surface area (Å²) in [6, 6.07) is 8.07. The molecular formula is C12H15NO. The van der Waals surface area contributed by atoms with Crippen LogP contribution in [0, 0.1) is 6.92 Å². The van der Waals surface area contributed by atoms with Crippen molar-refractivity contribution in [2.24, 2.45) is 5.73 Å². The van der Waals surface area contributed by atoms with Crippen molar-refractivity contribution in [1.82, 2.24) is 0 Å². The second-order valence-electron chi connectivity index (χ2n) is 4.32. The van der Waals surface area contributed by atoms with Crippen LogP contribution < -0.4 is 5.73 Å². The van der Waals surface area contributed by atoms with E-state index >= 15 is 0 Å². The van der Waals surface area contributed by atoms with Crippen LogP contribution in [0.4, 0.5) is 0 Å². The molecule has 2 rings (SSSR count). The lowest BCUT2D eigenvalue weighted by molar-refractivity contribution is 0.413. The van der Waals surface area contributed by atoms with Gasteiger partial charge in [-0.25, -0.2) is 0 Å². The normalized spacial score (nSPS) is 12.3. The summed E-state index contributed by atoms with van der Waals surface area (Å²) in [4.78, 5) is 0. The largest absolute Gasteiger partial charge is 0.459 e. The molecule has 0 atom stereocenters. The average molecular weight is 189 g/mol. The summed E-state index contributed by atoms with van der Waals surface area (Å²) in [7, 11) is 0. The van der Waals surface area contributed by atoms with Crippen LogP contribution in [0.1, 0.15) is 25.2 Å². The molecule has 74 valence electrons. The maximum Gasteiger partial charge on any atom is 0.134 e. The topological polar surface area (TPSA) is 39.2 Å². The van der Waals surface area contributed by atoms with E-state index in [1.54, 1.807) is 0 Å². The van der Waals surface area contributed by atoms with E-state index in [0.29, 0.717) is 0 Å². The fourth-order valence-corrected chi connectivity index (χ4v) is 1.52. The molecule has 0 spiro atoms. The maximum absolute atomic E-state index is 5.98. The molecule has 0 aliphatic heterocycles. The lowest BCUT2D eigenvalue weighted by atomic mass is 10.0. The summed E-state index contributed by atoms with van der Waals surface area (Å²) in [5.41, 5.74) is 7.70. The average Bonchev–Trinajstić information content (AvgIpc) is 2.48. The molecule has 0 saturated heterocycles. The van der Waals surface area contributed by atoms with Gasteiger partial charge in [0.15, 0.2) is 0 Å². The SMILES string of the molecule is Cc1cccc2oc(C(C)(C)N)cc12. The Morgan fingerprint density at radius 1 is 1.29 bits per heavy atom. The van der Waals surface area contributed by atoms with E-state index in [4.69, 9.17) is 10.2 Å². The van der Waals surface area contributed by atoms with Crippen molar-refractivity contribution in [1.29, 1.82) is 0 Å². The van der Waals surface area contributed by atoms with Gasteiger partial charge in [-0.3, -0.25) is 0 Å². The minimum atomic E-state index is -0.411. The Hall–Kier alpha value is -1.28. The van der Waals surface area contributed by atoms with E-state index in [9.17, 15) is 0 Å². The predicted molar refractivity (Wildman–Crippen MR) is 58.2 cm³/mol. The third-order valence-corrected chi connectivity index (χ3v) is 2.41. The van der Waals surface area contributed by atoms with Gasteiger partial charge in [-0.2, -0.15) is 0 Å². The minimum absolute atomic E-state index is 0.411. The first kappa shape index (κ1) is 9.28. The Labute approximate surface area is 83.7 Å². The second kappa shape index (κ2) is 2.85. The number of hydrogen-bond donors (Lipinski definition) is 1. The maximum atomic E-state index is 5.98. The van der Waals surface area contributed by atoms with Crippen LogP contribution in [0.25, 0.3) is 11.0 Å². The molecule has 0 fully saturated rings. The highest BCUT2D eigenvalue weighted by Crippen LogP contribution is 2.27. The summed E-state index contributed by atoms with van der Waals surface area (Å²) in [6.45, 7) is 5.96. The number of hydrogen-bond acceptors (Lipinski definition) is 2. The third kappa shape index (κ3) is 1.42. The van der Waals surface area contributed by atoms with Crippen LogP contribution in [-0.2, 0) is 5.54 Å². The van der Waals surface area contributed by atoms with Crippen molar-refractivity contribution in [3.05, 3.63) is 35.6 Å². The number of fused-ring (bicyclic) bond motifs is 1. The highest BCUT2D eigenvalue weighted by atomic mass is 16.3. The van der Waals surface area contributed by atoms with Gasteiger partial charge in [0, 0.05) is 5.39 Å². The number of furan rings is 1. The Kier molecular flexibility index (Phi) is 1.89. The molecule has 0 bridgehead atoms. The summed E-state index contributed by atoms with van der Waals surface area (Å²) >= 11 is 0. The molecule has 0 radical (unpaired) electrons. The Morgan fingerprint density at radius 3 is 2.57 bits per heavy atom. The van der Waals surface area contributed by atoms with E-state index in [1.165, 1.54) is 5.56 Å². The quantitative estimate of drug-likeness (QED) is 0.749. The molecule has 1 aromatic carbocycles. The molecule has 0 unspecified atom stereocenters. The van der Waals surface area contributed by atoms with Gasteiger partial charge in [0.05, 0.1) is 5.54 Å². The minimum Gasteiger partial charge on any atom is -0.459 e. The van der Waals surface area contributed by atoms with Crippen molar-refractivity contribution in [2.75, 3.05) is 0 Å². The van der Waals surface area contributed by atoms with E-state index in [2.05, 4.69) is 13.0 Å².